The molecule has 0 radical (unpaired) electrons. The molecule has 0 atom stereocenters. The predicted octanol–water partition coefficient (Wildman–Crippen LogP) is 7.43. The summed E-state index contributed by atoms with van der Waals surface area (Å²) in [7, 11) is 0. The minimum atomic E-state index is -4.71. The van der Waals surface area contributed by atoms with Crippen LogP contribution < -0.4 is 4.74 Å². The molecular formula is C23H13Cl2F5N2O2. The molecule has 1 aromatic heterocycles. The van der Waals surface area contributed by atoms with Crippen molar-refractivity contribution < 1.29 is 31.8 Å². The maximum Gasteiger partial charge on any atom is 0.435 e. The van der Waals surface area contributed by atoms with E-state index in [1.54, 1.807) is 6.07 Å². The Morgan fingerprint density at radius 3 is 2.21 bits per heavy atom. The number of halogens is 7. The smallest absolute Gasteiger partial charge is 0.435 e. The van der Waals surface area contributed by atoms with Crippen LogP contribution in [-0.2, 0) is 12.8 Å². The summed E-state index contributed by atoms with van der Waals surface area (Å²) in [6.45, 7) is -0.330. The normalized spacial score (nSPS) is 11.6. The highest BCUT2D eigenvalue weighted by molar-refractivity contribution is 6.37. The summed E-state index contributed by atoms with van der Waals surface area (Å²) in [4.78, 5) is 0. The number of ether oxygens (including phenoxy) is 1. The number of hydrogen-bond donors (Lipinski definition) is 1. The van der Waals surface area contributed by atoms with E-state index >= 15 is 0 Å². The summed E-state index contributed by atoms with van der Waals surface area (Å²) >= 11 is 12.3. The lowest BCUT2D eigenvalue weighted by Crippen LogP contribution is -2.09. The number of rotatable bonds is 5. The van der Waals surface area contributed by atoms with E-state index in [1.165, 1.54) is 36.4 Å². The van der Waals surface area contributed by atoms with Crippen molar-refractivity contribution in [3.05, 3.63) is 93.7 Å². The maximum atomic E-state index is 13.6. The van der Waals surface area contributed by atoms with Crippen molar-refractivity contribution in [2.45, 2.75) is 12.8 Å². The molecule has 11 heteroatoms. The average molecular weight is 515 g/mol. The molecule has 4 nitrogen and oxygen atoms in total. The van der Waals surface area contributed by atoms with E-state index in [4.69, 9.17) is 27.9 Å². The summed E-state index contributed by atoms with van der Waals surface area (Å²) < 4.78 is 73.6. The third-order valence-corrected chi connectivity index (χ3v) is 5.41. The standard InChI is InChI=1S/C23H13Cl2F5N2O2/c24-17-2-1-3-18(25)21(17)32-14(10-20(31-32)23(28,29)30)11-34-15-6-4-12(5-7-15)16-8-13(26)9-19(27)22(16)33/h1-10,33H,11H2. The van der Waals surface area contributed by atoms with Crippen LogP contribution in [0.15, 0.2) is 60.7 Å². The minimum absolute atomic E-state index is 0.0243. The molecule has 0 saturated carbocycles. The van der Waals surface area contributed by atoms with Gasteiger partial charge in [0.15, 0.2) is 17.3 Å². The van der Waals surface area contributed by atoms with E-state index in [1.807, 2.05) is 0 Å². The lowest BCUT2D eigenvalue weighted by molar-refractivity contribution is -0.141. The van der Waals surface area contributed by atoms with Crippen LogP contribution in [0.4, 0.5) is 22.0 Å². The highest BCUT2D eigenvalue weighted by atomic mass is 35.5. The molecule has 1 N–H and O–H groups in total. The molecule has 3 aromatic carbocycles. The van der Waals surface area contributed by atoms with Gasteiger partial charge in [-0.3, -0.25) is 0 Å². The van der Waals surface area contributed by atoms with Crippen LogP contribution in [0.25, 0.3) is 16.8 Å². The van der Waals surface area contributed by atoms with Crippen molar-refractivity contribution in [1.29, 1.82) is 0 Å². The fourth-order valence-electron chi connectivity index (χ4n) is 3.22. The number of alkyl halides is 3. The second-order valence-corrected chi connectivity index (χ2v) is 7.91. The molecule has 0 saturated heterocycles. The molecule has 176 valence electrons. The van der Waals surface area contributed by atoms with Gasteiger partial charge in [0.25, 0.3) is 0 Å². The molecule has 4 aromatic rings. The Kier molecular flexibility index (Phi) is 6.42. The van der Waals surface area contributed by atoms with E-state index in [2.05, 4.69) is 5.10 Å². The quantitative estimate of drug-likeness (QED) is 0.282. The van der Waals surface area contributed by atoms with Gasteiger partial charge in [-0.2, -0.15) is 18.3 Å². The maximum absolute atomic E-state index is 13.6. The van der Waals surface area contributed by atoms with Gasteiger partial charge in [0.2, 0.25) is 0 Å². The molecule has 4 rings (SSSR count). The number of aromatic nitrogens is 2. The van der Waals surface area contributed by atoms with Gasteiger partial charge < -0.3 is 9.84 Å². The van der Waals surface area contributed by atoms with Gasteiger partial charge in [-0.1, -0.05) is 41.4 Å². The van der Waals surface area contributed by atoms with Gasteiger partial charge in [0, 0.05) is 11.6 Å². The van der Waals surface area contributed by atoms with Crippen LogP contribution in [0.2, 0.25) is 10.0 Å². The van der Waals surface area contributed by atoms with Gasteiger partial charge in [-0.25, -0.2) is 13.5 Å². The number of nitrogens with zero attached hydrogens (tertiary/aromatic N) is 2. The van der Waals surface area contributed by atoms with Gasteiger partial charge >= 0.3 is 6.18 Å². The summed E-state index contributed by atoms with van der Waals surface area (Å²) in [5, 5.41) is 13.7. The number of benzene rings is 3. The van der Waals surface area contributed by atoms with Crippen molar-refractivity contribution in [1.82, 2.24) is 9.78 Å². The Bertz CT molecular complexity index is 1330. The zero-order chi connectivity index (χ0) is 24.6. The lowest BCUT2D eigenvalue weighted by atomic mass is 10.0. The molecule has 1 heterocycles. The zero-order valence-electron chi connectivity index (χ0n) is 16.9. The Hall–Kier alpha value is -3.30. The minimum Gasteiger partial charge on any atom is -0.504 e. The van der Waals surface area contributed by atoms with Gasteiger partial charge in [0.05, 0.1) is 15.7 Å². The van der Waals surface area contributed by atoms with E-state index in [0.717, 1.165) is 16.8 Å². The van der Waals surface area contributed by atoms with Crippen LogP contribution in [0, 0.1) is 11.6 Å². The Morgan fingerprint density at radius 2 is 1.59 bits per heavy atom. The number of hydrogen-bond acceptors (Lipinski definition) is 3. The van der Waals surface area contributed by atoms with Crippen LogP contribution in [-0.4, -0.2) is 14.9 Å². The number of para-hydroxylation sites is 1. The molecular weight excluding hydrogens is 502 g/mol. The van der Waals surface area contributed by atoms with E-state index in [-0.39, 0.29) is 39.3 Å². The van der Waals surface area contributed by atoms with Gasteiger partial charge in [-0.05, 0) is 42.0 Å². The molecule has 34 heavy (non-hydrogen) atoms. The number of aromatic hydroxyl groups is 1. The SMILES string of the molecule is Oc1c(F)cc(F)cc1-c1ccc(OCc2cc(C(F)(F)F)nn2-c2c(Cl)cccc2Cl)cc1. The molecule has 0 unspecified atom stereocenters. The highest BCUT2D eigenvalue weighted by Crippen LogP contribution is 2.35. The molecule has 0 aliphatic rings. The van der Waals surface area contributed by atoms with Crippen molar-refractivity contribution in [2.24, 2.45) is 0 Å². The summed E-state index contributed by atoms with van der Waals surface area (Å²) in [6.07, 6.45) is -4.71. The summed E-state index contributed by atoms with van der Waals surface area (Å²) in [5.41, 5.74) is -0.822. The first-order valence-electron chi connectivity index (χ1n) is 9.56. The fourth-order valence-corrected chi connectivity index (χ4v) is 3.78. The Labute approximate surface area is 199 Å². The molecule has 0 bridgehead atoms. The molecule has 0 amide bonds. The average Bonchev–Trinajstić information content (AvgIpc) is 3.19. The first kappa shape index (κ1) is 23.8. The summed E-state index contributed by atoms with van der Waals surface area (Å²) in [6, 6.07) is 12.6. The fraction of sp³-hybridized carbons (Fsp3) is 0.0870. The Morgan fingerprint density at radius 1 is 0.941 bits per heavy atom. The van der Waals surface area contributed by atoms with Crippen molar-refractivity contribution in [3.63, 3.8) is 0 Å². The largest absolute Gasteiger partial charge is 0.504 e. The van der Waals surface area contributed by atoms with Crippen molar-refractivity contribution >= 4 is 23.2 Å². The van der Waals surface area contributed by atoms with Crippen LogP contribution in [0.3, 0.4) is 0 Å². The van der Waals surface area contributed by atoms with E-state index < -0.39 is 29.3 Å². The number of phenols is 1. The molecule has 0 spiro atoms. The predicted molar refractivity (Wildman–Crippen MR) is 116 cm³/mol. The lowest BCUT2D eigenvalue weighted by Gasteiger charge is -2.12. The summed E-state index contributed by atoms with van der Waals surface area (Å²) in [5.74, 6) is -2.44. The van der Waals surface area contributed by atoms with E-state index in [0.29, 0.717) is 11.6 Å². The molecule has 0 aliphatic carbocycles. The second-order valence-electron chi connectivity index (χ2n) is 7.10. The third-order valence-electron chi connectivity index (χ3n) is 4.80. The van der Waals surface area contributed by atoms with Gasteiger partial charge in [-0.15, -0.1) is 0 Å². The van der Waals surface area contributed by atoms with Gasteiger partial charge in [0.1, 0.15) is 23.9 Å². The van der Waals surface area contributed by atoms with Crippen LogP contribution in [0.5, 0.6) is 11.5 Å². The zero-order valence-corrected chi connectivity index (χ0v) is 18.4. The monoisotopic (exact) mass is 514 g/mol. The first-order valence-corrected chi connectivity index (χ1v) is 10.3. The highest BCUT2D eigenvalue weighted by Gasteiger charge is 2.35. The Balaban J connectivity index is 1.62. The molecule has 0 fully saturated rings. The third kappa shape index (κ3) is 4.80. The topological polar surface area (TPSA) is 47.3 Å². The molecule has 0 aliphatic heterocycles. The number of phenolic OH excluding ortho intramolecular Hbond substituents is 1. The first-order chi connectivity index (χ1) is 16.0. The van der Waals surface area contributed by atoms with Crippen molar-refractivity contribution in [2.75, 3.05) is 0 Å². The van der Waals surface area contributed by atoms with Crippen LogP contribution in [0.1, 0.15) is 11.4 Å². The van der Waals surface area contributed by atoms with Crippen LogP contribution >= 0.6 is 23.2 Å². The van der Waals surface area contributed by atoms with Crippen molar-refractivity contribution in [3.8, 4) is 28.3 Å². The second kappa shape index (κ2) is 9.15. The van der Waals surface area contributed by atoms with E-state index in [9.17, 15) is 27.1 Å².